The van der Waals surface area contributed by atoms with Crippen molar-refractivity contribution in [3.05, 3.63) is 6.42 Å². The Hall–Kier alpha value is 0. The second-order valence-corrected chi connectivity index (χ2v) is 5.90. The Kier molecular flexibility index (Phi) is 13.4. The molecule has 0 aliphatic heterocycles. The van der Waals surface area contributed by atoms with E-state index in [0.29, 0.717) is 0 Å². The molecular weight excluding hydrogens is 216 g/mol. The molecule has 2 atom stereocenters. The van der Waals surface area contributed by atoms with E-state index >= 15 is 0 Å². The summed E-state index contributed by atoms with van der Waals surface area (Å²) >= 11 is 0. The van der Waals surface area contributed by atoms with Crippen LogP contribution >= 0.6 is 0 Å². The molecular formula is C18H37. The third-order valence-electron chi connectivity index (χ3n) is 4.09. The van der Waals surface area contributed by atoms with E-state index in [4.69, 9.17) is 0 Å². The molecule has 0 aromatic heterocycles. The highest BCUT2D eigenvalue weighted by Crippen LogP contribution is 2.27. The summed E-state index contributed by atoms with van der Waals surface area (Å²) in [5.74, 6) is 1.78. The predicted molar refractivity (Wildman–Crippen MR) is 84.8 cm³/mol. The number of hydrogen-bond acceptors (Lipinski definition) is 0. The average Bonchev–Trinajstić information content (AvgIpc) is 2.38. The summed E-state index contributed by atoms with van der Waals surface area (Å²) < 4.78 is 0. The molecule has 0 rings (SSSR count). The van der Waals surface area contributed by atoms with Crippen LogP contribution in [0.2, 0.25) is 0 Å². The standard InChI is InChI=1S/C18H37/c1-5-9-11-14-17(8-4)16-18(13-7-3)15-12-10-6-2/h16-18H,5-15H2,1-4H3. The lowest BCUT2D eigenvalue weighted by Gasteiger charge is -2.22. The predicted octanol–water partition coefficient (Wildman–Crippen LogP) is 6.79. The van der Waals surface area contributed by atoms with Crippen LogP contribution in [0.1, 0.15) is 98.3 Å². The molecule has 0 bridgehead atoms. The Balaban J connectivity index is 3.91. The topological polar surface area (TPSA) is 0 Å². The fraction of sp³-hybridized carbons (Fsp3) is 0.944. The van der Waals surface area contributed by atoms with E-state index in [1.807, 2.05) is 0 Å². The number of hydrogen-bond donors (Lipinski definition) is 0. The van der Waals surface area contributed by atoms with Gasteiger partial charge in [-0.1, -0.05) is 98.3 Å². The first-order valence-electron chi connectivity index (χ1n) is 8.63. The van der Waals surface area contributed by atoms with Gasteiger partial charge in [-0.05, 0) is 18.3 Å². The van der Waals surface area contributed by atoms with Gasteiger partial charge < -0.3 is 0 Å². The first kappa shape index (κ1) is 18.0. The van der Waals surface area contributed by atoms with Crippen molar-refractivity contribution in [3.63, 3.8) is 0 Å². The quantitative estimate of drug-likeness (QED) is 0.317. The minimum atomic E-state index is 0.884. The van der Waals surface area contributed by atoms with Gasteiger partial charge in [0.05, 0.1) is 0 Å². The van der Waals surface area contributed by atoms with Crippen molar-refractivity contribution in [3.8, 4) is 0 Å². The Bertz CT molecular complexity index is 150. The van der Waals surface area contributed by atoms with E-state index in [1.165, 1.54) is 70.6 Å². The van der Waals surface area contributed by atoms with Gasteiger partial charge in [-0.2, -0.15) is 0 Å². The van der Waals surface area contributed by atoms with Gasteiger partial charge >= 0.3 is 0 Å². The zero-order valence-corrected chi connectivity index (χ0v) is 13.5. The van der Waals surface area contributed by atoms with E-state index in [0.717, 1.165) is 11.8 Å². The van der Waals surface area contributed by atoms with Crippen LogP contribution in [0, 0.1) is 18.3 Å². The molecule has 0 saturated carbocycles. The molecule has 0 heteroatoms. The Morgan fingerprint density at radius 2 is 1.17 bits per heavy atom. The largest absolute Gasteiger partial charge is 0.0654 e. The van der Waals surface area contributed by atoms with Crippen LogP contribution < -0.4 is 0 Å². The lowest BCUT2D eigenvalue weighted by molar-refractivity contribution is 0.391. The third kappa shape index (κ3) is 9.97. The van der Waals surface area contributed by atoms with E-state index < -0.39 is 0 Å². The normalized spacial score (nSPS) is 14.7. The van der Waals surface area contributed by atoms with Gasteiger partial charge in [0.25, 0.3) is 0 Å². The van der Waals surface area contributed by atoms with Crippen LogP contribution in [0.25, 0.3) is 0 Å². The number of rotatable bonds is 13. The molecule has 109 valence electrons. The fourth-order valence-electron chi connectivity index (χ4n) is 2.84. The summed E-state index contributed by atoms with van der Waals surface area (Å²) in [5.41, 5.74) is 0. The monoisotopic (exact) mass is 253 g/mol. The summed E-state index contributed by atoms with van der Waals surface area (Å²) in [6, 6.07) is 0. The molecule has 0 aromatic rings. The first-order chi connectivity index (χ1) is 8.78. The maximum Gasteiger partial charge on any atom is -0.0324 e. The fourth-order valence-corrected chi connectivity index (χ4v) is 2.84. The van der Waals surface area contributed by atoms with Crippen molar-refractivity contribution in [2.45, 2.75) is 98.3 Å². The Labute approximate surface area is 117 Å². The van der Waals surface area contributed by atoms with Gasteiger partial charge in [0.2, 0.25) is 0 Å². The van der Waals surface area contributed by atoms with Crippen molar-refractivity contribution >= 4 is 0 Å². The molecule has 0 spiro atoms. The summed E-state index contributed by atoms with van der Waals surface area (Å²) in [4.78, 5) is 0. The molecule has 0 saturated heterocycles. The summed E-state index contributed by atoms with van der Waals surface area (Å²) in [5, 5.41) is 0. The van der Waals surface area contributed by atoms with Crippen LogP contribution in [-0.2, 0) is 0 Å². The van der Waals surface area contributed by atoms with Gasteiger partial charge in [0.15, 0.2) is 0 Å². The smallest absolute Gasteiger partial charge is 0.0324 e. The molecule has 0 amide bonds. The van der Waals surface area contributed by atoms with Crippen LogP contribution in [0.3, 0.4) is 0 Å². The SMILES string of the molecule is CCCCCC([CH]C(CCC)CCCCC)CC. The van der Waals surface area contributed by atoms with Crippen LogP contribution in [-0.4, -0.2) is 0 Å². The first-order valence-corrected chi connectivity index (χ1v) is 8.63. The summed E-state index contributed by atoms with van der Waals surface area (Å²) in [6.07, 6.45) is 18.1. The van der Waals surface area contributed by atoms with E-state index in [1.54, 1.807) is 0 Å². The molecule has 0 aliphatic carbocycles. The maximum absolute atomic E-state index is 2.72. The molecule has 0 nitrogen and oxygen atoms in total. The Morgan fingerprint density at radius 1 is 0.611 bits per heavy atom. The van der Waals surface area contributed by atoms with Gasteiger partial charge in [0, 0.05) is 0 Å². The summed E-state index contributed by atoms with van der Waals surface area (Å²) in [6.45, 7) is 9.30. The molecule has 18 heavy (non-hydrogen) atoms. The van der Waals surface area contributed by atoms with Gasteiger partial charge in [-0.25, -0.2) is 0 Å². The maximum atomic E-state index is 2.72. The van der Waals surface area contributed by atoms with Crippen LogP contribution in [0.4, 0.5) is 0 Å². The zero-order valence-electron chi connectivity index (χ0n) is 13.5. The highest BCUT2D eigenvalue weighted by Gasteiger charge is 2.14. The van der Waals surface area contributed by atoms with Crippen molar-refractivity contribution < 1.29 is 0 Å². The lowest BCUT2D eigenvalue weighted by atomic mass is 9.84. The molecule has 0 aromatic carbocycles. The third-order valence-corrected chi connectivity index (χ3v) is 4.09. The highest BCUT2D eigenvalue weighted by atomic mass is 14.2. The molecule has 0 aliphatic rings. The highest BCUT2D eigenvalue weighted by molar-refractivity contribution is 4.83. The van der Waals surface area contributed by atoms with E-state index in [-0.39, 0.29) is 0 Å². The van der Waals surface area contributed by atoms with Crippen molar-refractivity contribution in [1.82, 2.24) is 0 Å². The molecule has 1 radical (unpaired) electrons. The lowest BCUT2D eigenvalue weighted by Crippen LogP contribution is -2.10. The Morgan fingerprint density at radius 3 is 1.61 bits per heavy atom. The van der Waals surface area contributed by atoms with Crippen LogP contribution in [0.15, 0.2) is 0 Å². The zero-order chi connectivity index (χ0) is 13.6. The van der Waals surface area contributed by atoms with Crippen molar-refractivity contribution in [2.24, 2.45) is 11.8 Å². The molecule has 0 heterocycles. The average molecular weight is 253 g/mol. The minimum absolute atomic E-state index is 0.884. The van der Waals surface area contributed by atoms with Crippen molar-refractivity contribution in [1.29, 1.82) is 0 Å². The van der Waals surface area contributed by atoms with Crippen LogP contribution in [0.5, 0.6) is 0 Å². The number of unbranched alkanes of at least 4 members (excludes halogenated alkanes) is 4. The second-order valence-electron chi connectivity index (χ2n) is 5.90. The second kappa shape index (κ2) is 13.4. The van der Waals surface area contributed by atoms with E-state index in [9.17, 15) is 0 Å². The van der Waals surface area contributed by atoms with Gasteiger partial charge in [-0.15, -0.1) is 0 Å². The van der Waals surface area contributed by atoms with Crippen molar-refractivity contribution in [2.75, 3.05) is 0 Å². The molecule has 0 fully saturated rings. The molecule has 0 N–H and O–H groups in total. The van der Waals surface area contributed by atoms with Gasteiger partial charge in [-0.3, -0.25) is 0 Å². The molecule has 2 unspecified atom stereocenters. The van der Waals surface area contributed by atoms with E-state index in [2.05, 4.69) is 34.1 Å². The summed E-state index contributed by atoms with van der Waals surface area (Å²) in [7, 11) is 0. The van der Waals surface area contributed by atoms with Gasteiger partial charge in [0.1, 0.15) is 0 Å². The minimum Gasteiger partial charge on any atom is -0.0654 e.